The van der Waals surface area contributed by atoms with Crippen LogP contribution in [0.1, 0.15) is 10.4 Å². The second-order valence-electron chi connectivity index (χ2n) is 4.01. The number of ether oxygens (including phenoxy) is 3. The number of rotatable bonds is 4. The fourth-order valence-electron chi connectivity index (χ4n) is 1.72. The summed E-state index contributed by atoms with van der Waals surface area (Å²) in [6.45, 7) is -0.333. The second kappa shape index (κ2) is 5.90. The summed E-state index contributed by atoms with van der Waals surface area (Å²) in [5.74, 6) is -1.38. The van der Waals surface area contributed by atoms with Crippen molar-refractivity contribution in [2.75, 3.05) is 13.7 Å². The quantitative estimate of drug-likeness (QED) is 0.766. The average molecular weight is 268 g/mol. The van der Waals surface area contributed by atoms with Gasteiger partial charge in [-0.05, 0) is 12.1 Å². The number of Topliss-reactive ketones (excluding diaryl/α,β-unsaturated/α-hetero) is 1. The predicted octanol–water partition coefficient (Wildman–Crippen LogP) is 1.12. The molecule has 1 saturated heterocycles. The number of hydrogen-bond donors (Lipinski definition) is 0. The summed E-state index contributed by atoms with van der Waals surface area (Å²) in [6.07, 6.45) is -4.19. The van der Waals surface area contributed by atoms with Gasteiger partial charge in [0.15, 0.2) is 6.17 Å². The third kappa shape index (κ3) is 2.97. The van der Waals surface area contributed by atoms with E-state index in [9.17, 15) is 14.0 Å². The van der Waals surface area contributed by atoms with E-state index >= 15 is 0 Å². The first-order valence-corrected chi connectivity index (χ1v) is 5.71. The third-order valence-electron chi connectivity index (χ3n) is 2.73. The zero-order valence-corrected chi connectivity index (χ0v) is 10.2. The van der Waals surface area contributed by atoms with Gasteiger partial charge >= 0.3 is 5.97 Å². The number of carbonyl (C=O) groups excluding carboxylic acids is 2. The average Bonchev–Trinajstić information content (AvgIpc) is 2.73. The van der Waals surface area contributed by atoms with Crippen molar-refractivity contribution in [3.05, 3.63) is 35.9 Å². The first-order chi connectivity index (χ1) is 9.13. The Labute approximate surface area is 109 Å². The molecule has 0 aliphatic carbocycles. The number of halogens is 1. The lowest BCUT2D eigenvalue weighted by atomic mass is 10.2. The number of methoxy groups -OCH3 is 1. The maximum absolute atomic E-state index is 13.5. The molecule has 1 aromatic rings. The van der Waals surface area contributed by atoms with Gasteiger partial charge in [0.2, 0.25) is 12.1 Å². The van der Waals surface area contributed by atoms with E-state index in [-0.39, 0.29) is 6.61 Å². The summed E-state index contributed by atoms with van der Waals surface area (Å²) < 4.78 is 28.1. The molecule has 0 radical (unpaired) electrons. The molecular formula is C13H13FO5. The van der Waals surface area contributed by atoms with Gasteiger partial charge in [-0.15, -0.1) is 0 Å². The lowest BCUT2D eigenvalue weighted by Crippen LogP contribution is -2.28. The highest BCUT2D eigenvalue weighted by atomic mass is 19.1. The van der Waals surface area contributed by atoms with Crippen molar-refractivity contribution in [2.24, 2.45) is 0 Å². The molecule has 0 unspecified atom stereocenters. The Morgan fingerprint density at radius 2 is 2.05 bits per heavy atom. The van der Waals surface area contributed by atoms with Crippen LogP contribution in [0.4, 0.5) is 4.39 Å². The smallest absolute Gasteiger partial charge is 0.338 e. The molecule has 1 aromatic carbocycles. The number of ketones is 1. The monoisotopic (exact) mass is 268 g/mol. The van der Waals surface area contributed by atoms with Gasteiger partial charge in [-0.25, -0.2) is 9.18 Å². The number of alkyl halides is 1. The third-order valence-corrected chi connectivity index (χ3v) is 2.73. The van der Waals surface area contributed by atoms with Gasteiger partial charge in [0.25, 0.3) is 0 Å². The van der Waals surface area contributed by atoms with Gasteiger partial charge in [0.1, 0.15) is 12.7 Å². The van der Waals surface area contributed by atoms with E-state index in [1.807, 2.05) is 0 Å². The number of hydrogen-bond acceptors (Lipinski definition) is 5. The van der Waals surface area contributed by atoms with Gasteiger partial charge in [-0.3, -0.25) is 4.79 Å². The zero-order chi connectivity index (χ0) is 13.8. The Hall–Kier alpha value is -1.79. The second-order valence-corrected chi connectivity index (χ2v) is 4.01. The Morgan fingerprint density at radius 1 is 1.37 bits per heavy atom. The Bertz CT molecular complexity index is 461. The van der Waals surface area contributed by atoms with E-state index in [2.05, 4.69) is 4.74 Å². The summed E-state index contributed by atoms with van der Waals surface area (Å²) in [5, 5.41) is 0. The molecule has 1 fully saturated rings. The van der Waals surface area contributed by atoms with E-state index in [4.69, 9.17) is 9.47 Å². The minimum Gasteiger partial charge on any atom is -0.459 e. The maximum Gasteiger partial charge on any atom is 0.338 e. The van der Waals surface area contributed by atoms with Crippen molar-refractivity contribution < 1.29 is 28.2 Å². The van der Waals surface area contributed by atoms with Crippen molar-refractivity contribution in [3.63, 3.8) is 0 Å². The maximum atomic E-state index is 13.5. The minimum atomic E-state index is -1.84. The normalized spacial score (nSPS) is 26.4. The molecular weight excluding hydrogens is 255 g/mol. The molecule has 0 bridgehead atoms. The van der Waals surface area contributed by atoms with E-state index in [0.29, 0.717) is 5.56 Å². The van der Waals surface area contributed by atoms with Crippen LogP contribution in [0.15, 0.2) is 30.3 Å². The van der Waals surface area contributed by atoms with Gasteiger partial charge < -0.3 is 14.2 Å². The SMILES string of the molecule is CO[C@H]1O[C@H](COC(=O)c2ccccc2)[C@H](F)C1=O. The molecule has 0 aromatic heterocycles. The highest BCUT2D eigenvalue weighted by Crippen LogP contribution is 2.21. The highest BCUT2D eigenvalue weighted by molar-refractivity contribution is 5.90. The zero-order valence-electron chi connectivity index (χ0n) is 10.2. The van der Waals surface area contributed by atoms with Crippen LogP contribution in [0, 0.1) is 0 Å². The summed E-state index contributed by atoms with van der Waals surface area (Å²) in [4.78, 5) is 22.9. The molecule has 1 aliphatic heterocycles. The molecule has 2 rings (SSSR count). The summed E-state index contributed by atoms with van der Waals surface area (Å²) in [5.41, 5.74) is 0.352. The minimum absolute atomic E-state index is 0.333. The Morgan fingerprint density at radius 3 is 2.63 bits per heavy atom. The highest BCUT2D eigenvalue weighted by Gasteiger charge is 2.44. The number of benzene rings is 1. The van der Waals surface area contributed by atoms with Crippen LogP contribution in [0.3, 0.4) is 0 Å². The molecule has 0 amide bonds. The Balaban J connectivity index is 1.90. The van der Waals surface area contributed by atoms with Crippen molar-refractivity contribution in [1.82, 2.24) is 0 Å². The predicted molar refractivity (Wildman–Crippen MR) is 62.3 cm³/mol. The van der Waals surface area contributed by atoms with Crippen LogP contribution >= 0.6 is 0 Å². The van der Waals surface area contributed by atoms with Gasteiger partial charge in [0, 0.05) is 7.11 Å². The Kier molecular flexibility index (Phi) is 4.24. The van der Waals surface area contributed by atoms with E-state index in [1.54, 1.807) is 30.3 Å². The molecule has 102 valence electrons. The lowest BCUT2D eigenvalue weighted by Gasteiger charge is -2.12. The first kappa shape index (κ1) is 13.6. The molecule has 3 atom stereocenters. The van der Waals surface area contributed by atoms with Crippen molar-refractivity contribution >= 4 is 11.8 Å². The lowest BCUT2D eigenvalue weighted by molar-refractivity contribution is -0.152. The van der Waals surface area contributed by atoms with Crippen LogP contribution < -0.4 is 0 Å². The molecule has 6 heteroatoms. The summed E-state index contributed by atoms with van der Waals surface area (Å²) >= 11 is 0. The molecule has 5 nitrogen and oxygen atoms in total. The van der Waals surface area contributed by atoms with Crippen LogP contribution in [0.5, 0.6) is 0 Å². The number of esters is 1. The molecule has 0 saturated carbocycles. The van der Waals surface area contributed by atoms with Gasteiger partial charge in [-0.2, -0.15) is 0 Å². The van der Waals surface area contributed by atoms with Crippen LogP contribution in [-0.2, 0) is 19.0 Å². The van der Waals surface area contributed by atoms with Crippen LogP contribution in [0.2, 0.25) is 0 Å². The molecule has 19 heavy (non-hydrogen) atoms. The van der Waals surface area contributed by atoms with Crippen molar-refractivity contribution in [3.8, 4) is 0 Å². The van der Waals surface area contributed by atoms with Crippen LogP contribution in [0.25, 0.3) is 0 Å². The van der Waals surface area contributed by atoms with Gasteiger partial charge in [-0.1, -0.05) is 18.2 Å². The molecule has 0 N–H and O–H groups in total. The first-order valence-electron chi connectivity index (χ1n) is 5.71. The van der Waals surface area contributed by atoms with E-state index in [0.717, 1.165) is 0 Å². The van der Waals surface area contributed by atoms with E-state index < -0.39 is 30.3 Å². The fourth-order valence-corrected chi connectivity index (χ4v) is 1.72. The fraction of sp³-hybridized carbons (Fsp3) is 0.385. The van der Waals surface area contributed by atoms with Crippen LogP contribution in [-0.4, -0.2) is 44.0 Å². The van der Waals surface area contributed by atoms with Gasteiger partial charge in [0.05, 0.1) is 5.56 Å². The summed E-state index contributed by atoms with van der Waals surface area (Å²) in [6, 6.07) is 8.29. The van der Waals surface area contributed by atoms with Crippen molar-refractivity contribution in [2.45, 2.75) is 18.6 Å². The van der Waals surface area contributed by atoms with E-state index in [1.165, 1.54) is 7.11 Å². The molecule has 1 aliphatic rings. The standard InChI is InChI=1S/C13H13FO5/c1-17-13-11(15)10(14)9(19-13)7-18-12(16)8-5-3-2-4-6-8/h2-6,9-10,13H,7H2,1H3/t9-,10+,13+/m1/s1. The summed E-state index contributed by atoms with van der Waals surface area (Å²) in [7, 11) is 1.24. The molecule has 0 spiro atoms. The molecule has 1 heterocycles. The number of carbonyl (C=O) groups is 2. The topological polar surface area (TPSA) is 61.8 Å². The van der Waals surface area contributed by atoms with Crippen molar-refractivity contribution in [1.29, 1.82) is 0 Å². The largest absolute Gasteiger partial charge is 0.459 e.